The minimum Gasteiger partial charge on any atom is -0.388 e. The average molecular weight is 431 g/mol. The van der Waals surface area contributed by atoms with E-state index in [1.54, 1.807) is 0 Å². The second-order valence-corrected chi connectivity index (χ2v) is 7.30. The van der Waals surface area contributed by atoms with E-state index in [1.807, 2.05) is 0 Å². The van der Waals surface area contributed by atoms with Crippen molar-refractivity contribution in [3.8, 4) is 0 Å². The van der Waals surface area contributed by atoms with Crippen LogP contribution in [0.5, 0.6) is 0 Å². The third-order valence-electron chi connectivity index (χ3n) is 5.33. The van der Waals surface area contributed by atoms with E-state index in [0.29, 0.717) is 0 Å². The number of aromatic nitrogens is 6. The van der Waals surface area contributed by atoms with Gasteiger partial charge in [0.15, 0.2) is 5.52 Å². The first kappa shape index (κ1) is 20.8. The van der Waals surface area contributed by atoms with Gasteiger partial charge in [-0.3, -0.25) is 23.7 Å². The zero-order chi connectivity index (χ0) is 22.3. The van der Waals surface area contributed by atoms with Crippen LogP contribution in [-0.2, 0) is 25.4 Å². The second-order valence-electron chi connectivity index (χ2n) is 7.30. The van der Waals surface area contributed by atoms with Crippen molar-refractivity contribution < 1.29 is 19.7 Å². The van der Waals surface area contributed by atoms with Gasteiger partial charge in [0, 0.05) is 26.5 Å². The Balaban J connectivity index is 1.51. The molecule has 4 atom stereocenters. The number of nitrogens with one attached hydrogen (secondary N) is 1. The number of rotatable bonds is 4. The molecule has 1 aliphatic rings. The Morgan fingerprint density at radius 1 is 1.19 bits per heavy atom. The first-order chi connectivity index (χ1) is 14.8. The summed E-state index contributed by atoms with van der Waals surface area (Å²) in [6, 6.07) is -0.864. The molecule has 13 heteroatoms. The molecule has 1 saturated heterocycles. The Kier molecular flexibility index (Phi) is 5.39. The molecule has 0 aliphatic carbocycles. The molecule has 1 amide bonds. The molecule has 3 aromatic rings. The second kappa shape index (κ2) is 8.02. The summed E-state index contributed by atoms with van der Waals surface area (Å²) in [7, 11) is 2.87. The summed E-state index contributed by atoms with van der Waals surface area (Å²) in [5, 5.41) is 23.6. The number of ether oxygens (including phenoxy) is 1. The molecule has 0 aromatic carbocycles. The fraction of sp³-hybridized carbons (Fsp3) is 0.444. The lowest BCUT2D eigenvalue weighted by Crippen LogP contribution is -2.60. The van der Waals surface area contributed by atoms with Crippen LogP contribution in [0.25, 0.3) is 11.2 Å². The van der Waals surface area contributed by atoms with Gasteiger partial charge >= 0.3 is 5.69 Å². The van der Waals surface area contributed by atoms with Crippen LogP contribution in [0.15, 0.2) is 34.5 Å². The monoisotopic (exact) mass is 431 g/mol. The standard InChI is InChI=1S/C18H21N7O6/c1-23-16-12(17(29)24(2)18(23)30)21-8-25(16)6-11-14(27)13(26)10(7-31-11)22-15(28)9-5-19-3-4-20-9/h3-5,8,10-11,13-14,26-27H,6-7H2,1-2H3,(H,22,28)/t10-,11-,13+,14-/m1/s1. The maximum atomic E-state index is 12.3. The largest absolute Gasteiger partial charge is 0.388 e. The number of hydrogen-bond acceptors (Lipinski definition) is 9. The molecular weight excluding hydrogens is 410 g/mol. The van der Waals surface area contributed by atoms with E-state index in [0.717, 1.165) is 4.57 Å². The van der Waals surface area contributed by atoms with Crippen molar-refractivity contribution >= 4 is 17.1 Å². The maximum Gasteiger partial charge on any atom is 0.332 e. The molecule has 3 N–H and O–H groups in total. The number of fused-ring (bicyclic) bond motifs is 1. The third-order valence-corrected chi connectivity index (χ3v) is 5.33. The van der Waals surface area contributed by atoms with Crippen LogP contribution in [0.4, 0.5) is 0 Å². The summed E-state index contributed by atoms with van der Waals surface area (Å²) in [5.74, 6) is -0.558. The van der Waals surface area contributed by atoms with Gasteiger partial charge < -0.3 is 24.8 Å². The quantitative estimate of drug-likeness (QED) is 0.394. The fourth-order valence-corrected chi connectivity index (χ4v) is 3.60. The molecule has 164 valence electrons. The molecule has 1 aliphatic heterocycles. The molecule has 4 heterocycles. The highest BCUT2D eigenvalue weighted by atomic mass is 16.5. The summed E-state index contributed by atoms with van der Waals surface area (Å²) >= 11 is 0. The molecule has 0 unspecified atom stereocenters. The number of hydrogen-bond donors (Lipinski definition) is 3. The van der Waals surface area contributed by atoms with E-state index in [9.17, 15) is 24.6 Å². The summed E-state index contributed by atoms with van der Waals surface area (Å²) in [6.07, 6.45) is 1.92. The van der Waals surface area contributed by atoms with Crippen molar-refractivity contribution in [2.24, 2.45) is 14.1 Å². The number of aryl methyl sites for hydroxylation is 1. The Labute approximate surface area is 174 Å². The highest BCUT2D eigenvalue weighted by molar-refractivity contribution is 5.92. The smallest absolute Gasteiger partial charge is 0.332 e. The number of imidazole rings is 1. The van der Waals surface area contributed by atoms with Gasteiger partial charge in [0.2, 0.25) is 0 Å². The van der Waals surface area contributed by atoms with Crippen LogP contribution in [0.2, 0.25) is 0 Å². The molecular formula is C18H21N7O6. The third kappa shape index (κ3) is 3.62. The topological polar surface area (TPSA) is 166 Å². The molecule has 0 saturated carbocycles. The summed E-state index contributed by atoms with van der Waals surface area (Å²) < 4.78 is 9.42. The van der Waals surface area contributed by atoms with E-state index in [4.69, 9.17) is 4.74 Å². The van der Waals surface area contributed by atoms with Gasteiger partial charge in [-0.05, 0) is 0 Å². The molecule has 0 spiro atoms. The van der Waals surface area contributed by atoms with E-state index >= 15 is 0 Å². The normalized spacial score (nSPS) is 23.7. The maximum absolute atomic E-state index is 12.3. The van der Waals surface area contributed by atoms with E-state index < -0.39 is 41.5 Å². The zero-order valence-electron chi connectivity index (χ0n) is 16.7. The molecule has 1 fully saturated rings. The van der Waals surface area contributed by atoms with Gasteiger partial charge in [0.25, 0.3) is 11.5 Å². The fourth-order valence-electron chi connectivity index (χ4n) is 3.60. The average Bonchev–Trinajstić information content (AvgIpc) is 3.20. The first-order valence-electron chi connectivity index (χ1n) is 9.45. The number of carbonyl (C=O) groups is 1. The van der Waals surface area contributed by atoms with E-state index in [2.05, 4.69) is 20.3 Å². The summed E-state index contributed by atoms with van der Waals surface area (Å²) in [6.45, 7) is -0.0395. The first-order valence-corrected chi connectivity index (χ1v) is 9.45. The van der Waals surface area contributed by atoms with Crippen LogP contribution in [0.1, 0.15) is 10.5 Å². The van der Waals surface area contributed by atoms with Crippen LogP contribution in [-0.4, -0.2) is 75.7 Å². The Morgan fingerprint density at radius 2 is 1.97 bits per heavy atom. The lowest BCUT2D eigenvalue weighted by molar-refractivity contribution is -0.152. The minimum atomic E-state index is -1.35. The van der Waals surface area contributed by atoms with Crippen molar-refractivity contribution in [3.63, 3.8) is 0 Å². The lowest BCUT2D eigenvalue weighted by Gasteiger charge is -2.38. The van der Waals surface area contributed by atoms with Gasteiger partial charge in [-0.15, -0.1) is 0 Å². The minimum absolute atomic E-state index is 0.0278. The highest BCUT2D eigenvalue weighted by Crippen LogP contribution is 2.19. The van der Waals surface area contributed by atoms with Crippen molar-refractivity contribution in [1.29, 1.82) is 0 Å². The number of aliphatic hydroxyl groups is 2. The Morgan fingerprint density at radius 3 is 2.68 bits per heavy atom. The molecule has 4 rings (SSSR count). The molecule has 13 nitrogen and oxygen atoms in total. The number of amides is 1. The van der Waals surface area contributed by atoms with E-state index in [1.165, 1.54) is 48.1 Å². The predicted molar refractivity (Wildman–Crippen MR) is 105 cm³/mol. The van der Waals surface area contributed by atoms with Crippen LogP contribution in [0.3, 0.4) is 0 Å². The Bertz CT molecular complexity index is 1230. The SMILES string of the molecule is Cn1c(=O)c2ncn(C[C@H]3OC[C@@H](NC(=O)c4cnccn4)[C@H](O)[C@@H]3O)c2n(C)c1=O. The lowest BCUT2D eigenvalue weighted by atomic mass is 9.97. The van der Waals surface area contributed by atoms with Gasteiger partial charge in [-0.1, -0.05) is 0 Å². The summed E-state index contributed by atoms with van der Waals surface area (Å²) in [5.41, 5.74) is -0.607. The molecule has 31 heavy (non-hydrogen) atoms. The van der Waals surface area contributed by atoms with Crippen molar-refractivity contribution in [3.05, 3.63) is 51.4 Å². The highest BCUT2D eigenvalue weighted by Gasteiger charge is 2.39. The number of aliphatic hydroxyl groups excluding tert-OH is 2. The van der Waals surface area contributed by atoms with Gasteiger partial charge in [0.05, 0.1) is 31.7 Å². The molecule has 0 radical (unpaired) electrons. The van der Waals surface area contributed by atoms with Crippen molar-refractivity contribution in [2.45, 2.75) is 30.9 Å². The molecule has 3 aromatic heterocycles. The van der Waals surface area contributed by atoms with Crippen LogP contribution in [0, 0.1) is 0 Å². The van der Waals surface area contributed by atoms with E-state index in [-0.39, 0.29) is 30.0 Å². The van der Waals surface area contributed by atoms with Gasteiger partial charge in [-0.25, -0.2) is 14.8 Å². The number of nitrogens with zero attached hydrogens (tertiary/aromatic N) is 6. The van der Waals surface area contributed by atoms with Crippen LogP contribution >= 0.6 is 0 Å². The van der Waals surface area contributed by atoms with Crippen molar-refractivity contribution in [2.75, 3.05) is 6.61 Å². The predicted octanol–water partition coefficient (Wildman–Crippen LogP) is -2.86. The number of carbonyl (C=O) groups excluding carboxylic acids is 1. The molecule has 0 bridgehead atoms. The van der Waals surface area contributed by atoms with Crippen LogP contribution < -0.4 is 16.6 Å². The zero-order valence-corrected chi connectivity index (χ0v) is 16.7. The Hall–Kier alpha value is -3.42. The van der Waals surface area contributed by atoms with Gasteiger partial charge in [0.1, 0.15) is 29.7 Å². The summed E-state index contributed by atoms with van der Waals surface area (Å²) in [4.78, 5) is 48.5. The van der Waals surface area contributed by atoms with Crippen molar-refractivity contribution in [1.82, 2.24) is 34.0 Å². The van der Waals surface area contributed by atoms with Gasteiger partial charge in [-0.2, -0.15) is 0 Å².